The van der Waals surface area contributed by atoms with Gasteiger partial charge in [0.15, 0.2) is 5.65 Å². The lowest BCUT2D eigenvalue weighted by molar-refractivity contribution is -0.592. The third-order valence-corrected chi connectivity index (χ3v) is 6.71. The predicted octanol–water partition coefficient (Wildman–Crippen LogP) is 4.38. The molecule has 10 nitrogen and oxygen atoms in total. The average molecular weight is 529 g/mol. The molecule has 0 saturated carbocycles. The van der Waals surface area contributed by atoms with Gasteiger partial charge < -0.3 is 14.8 Å². The predicted molar refractivity (Wildman–Crippen MR) is 146 cm³/mol. The molecule has 202 valence electrons. The first kappa shape index (κ1) is 26.1. The number of aryl methyl sites for hydroxylation is 1. The van der Waals surface area contributed by atoms with E-state index in [9.17, 15) is 14.8 Å². The number of ether oxygens (including phenoxy) is 1. The van der Waals surface area contributed by atoms with Gasteiger partial charge >= 0.3 is 12.0 Å². The maximum absolute atomic E-state index is 14.1. The lowest BCUT2D eigenvalue weighted by Gasteiger charge is -2.36. The minimum absolute atomic E-state index is 0.259. The van der Waals surface area contributed by atoms with Crippen LogP contribution in [0.2, 0.25) is 0 Å². The maximum Gasteiger partial charge on any atom is 0.410 e. The van der Waals surface area contributed by atoms with Crippen LogP contribution in [0.1, 0.15) is 49.5 Å². The minimum Gasteiger partial charge on any atom is -0.711 e. The molecule has 3 aromatic heterocycles. The van der Waals surface area contributed by atoms with Gasteiger partial charge in [-0.1, -0.05) is 12.1 Å². The smallest absolute Gasteiger partial charge is 0.410 e. The monoisotopic (exact) mass is 528 g/mol. The lowest BCUT2D eigenvalue weighted by Crippen LogP contribution is -2.55. The lowest BCUT2D eigenvalue weighted by atomic mass is 10.0. The first-order valence-corrected chi connectivity index (χ1v) is 13.0. The highest BCUT2D eigenvalue weighted by Crippen LogP contribution is 2.28. The molecule has 10 heteroatoms. The Balaban J connectivity index is 1.47. The second kappa shape index (κ2) is 10.4. The zero-order valence-corrected chi connectivity index (χ0v) is 22.6. The Labute approximate surface area is 227 Å². The number of benzene rings is 1. The minimum atomic E-state index is -0.633. The third kappa shape index (κ3) is 5.41. The highest BCUT2D eigenvalue weighted by atomic mass is 16.6. The fraction of sp³-hybridized carbons (Fsp3) is 0.345. The molecule has 1 aromatic carbocycles. The van der Waals surface area contributed by atoms with Gasteiger partial charge in [0.2, 0.25) is 0 Å². The van der Waals surface area contributed by atoms with Crippen molar-refractivity contribution in [1.29, 1.82) is 0 Å². The fourth-order valence-corrected chi connectivity index (χ4v) is 4.94. The van der Waals surface area contributed by atoms with Crippen LogP contribution in [0.25, 0.3) is 16.8 Å². The van der Waals surface area contributed by atoms with Crippen LogP contribution in [0.4, 0.5) is 10.6 Å². The van der Waals surface area contributed by atoms with E-state index in [1.165, 1.54) is 6.20 Å². The van der Waals surface area contributed by atoms with Crippen molar-refractivity contribution < 1.29 is 19.1 Å². The molecule has 1 atom stereocenters. The first-order chi connectivity index (χ1) is 18.6. The van der Waals surface area contributed by atoms with Crippen LogP contribution in [-0.2, 0) is 4.74 Å². The summed E-state index contributed by atoms with van der Waals surface area (Å²) in [7, 11) is 0. The molecular weight excluding hydrogens is 496 g/mol. The molecule has 4 heterocycles. The van der Waals surface area contributed by atoms with Crippen LogP contribution in [0, 0.1) is 12.1 Å². The van der Waals surface area contributed by atoms with Crippen molar-refractivity contribution in [3.8, 4) is 11.1 Å². The molecule has 39 heavy (non-hydrogen) atoms. The van der Waals surface area contributed by atoms with Crippen LogP contribution in [0.15, 0.2) is 67.3 Å². The molecule has 1 fully saturated rings. The van der Waals surface area contributed by atoms with Crippen LogP contribution >= 0.6 is 0 Å². The molecule has 1 saturated heterocycles. The molecular formula is C29H32N6O4. The van der Waals surface area contributed by atoms with E-state index in [4.69, 9.17) is 4.74 Å². The summed E-state index contributed by atoms with van der Waals surface area (Å²) in [5, 5.41) is 17.3. The summed E-state index contributed by atoms with van der Waals surface area (Å²) < 4.78 is 8.00. The standard InChI is InChI=1S/C29H32N6O4/c1-20-8-5-17-34(38)26(20)35(23-9-6-15-32(19-23)28(37)39-29(2,3)4)27(36)22-12-10-21(11-13-22)24-18-31-33-16-7-14-30-25(24)33/h5,7-8,10-14,16-18,23H,6,9,15,19H2,1-4H3. The summed E-state index contributed by atoms with van der Waals surface area (Å²) in [4.78, 5) is 34.5. The van der Waals surface area contributed by atoms with Crippen molar-refractivity contribution >= 4 is 23.5 Å². The highest BCUT2D eigenvalue weighted by Gasteiger charge is 2.40. The van der Waals surface area contributed by atoms with Crippen molar-refractivity contribution in [2.75, 3.05) is 18.0 Å². The van der Waals surface area contributed by atoms with Gasteiger partial charge in [-0.2, -0.15) is 10.00 Å². The van der Waals surface area contributed by atoms with Crippen molar-refractivity contribution in [3.05, 3.63) is 83.6 Å². The van der Waals surface area contributed by atoms with E-state index in [0.29, 0.717) is 30.5 Å². The SMILES string of the molecule is Cc1ccc[n+]([O-])c1N(C(=O)c1ccc(-c2cnn3cccnc23)cc1)C1CCCN(C(=O)OC(C)(C)C)C1. The Morgan fingerprint density at radius 2 is 1.92 bits per heavy atom. The van der Waals surface area contributed by atoms with Crippen molar-refractivity contribution in [2.45, 2.75) is 52.2 Å². The first-order valence-electron chi connectivity index (χ1n) is 13.0. The maximum atomic E-state index is 14.1. The number of likely N-dealkylation sites (tertiary alicyclic amines) is 1. The number of fused-ring (bicyclic) bond motifs is 1. The summed E-state index contributed by atoms with van der Waals surface area (Å²) in [5.74, 6) is -0.0519. The van der Waals surface area contributed by atoms with Gasteiger partial charge in [-0.3, -0.25) is 0 Å². The van der Waals surface area contributed by atoms with Crippen molar-refractivity contribution in [1.82, 2.24) is 19.5 Å². The zero-order chi connectivity index (χ0) is 27.7. The summed E-state index contributed by atoms with van der Waals surface area (Å²) in [6.45, 7) is 8.07. The second-order valence-electron chi connectivity index (χ2n) is 10.8. The number of aromatic nitrogens is 4. The number of carbonyl (C=O) groups excluding carboxylic acids is 2. The van der Waals surface area contributed by atoms with Crippen molar-refractivity contribution in [2.24, 2.45) is 0 Å². The number of nitrogens with zero attached hydrogens (tertiary/aromatic N) is 6. The second-order valence-corrected chi connectivity index (χ2v) is 10.8. The van der Waals surface area contributed by atoms with Gasteiger partial charge in [-0.05, 0) is 76.4 Å². The number of rotatable bonds is 4. The molecule has 0 bridgehead atoms. The summed E-state index contributed by atoms with van der Waals surface area (Å²) >= 11 is 0. The molecule has 0 N–H and O–H groups in total. The Bertz CT molecular complexity index is 1490. The van der Waals surface area contributed by atoms with Crippen LogP contribution in [0.3, 0.4) is 0 Å². The number of carbonyl (C=O) groups is 2. The number of hydrogen-bond acceptors (Lipinski definition) is 6. The van der Waals surface area contributed by atoms with Gasteiger partial charge in [-0.15, -0.1) is 0 Å². The van der Waals surface area contributed by atoms with Gasteiger partial charge in [0.05, 0.1) is 24.5 Å². The van der Waals surface area contributed by atoms with E-state index in [0.717, 1.165) is 21.5 Å². The van der Waals surface area contributed by atoms with Crippen LogP contribution in [0.5, 0.6) is 0 Å². The molecule has 1 aliphatic heterocycles. The Morgan fingerprint density at radius 3 is 2.64 bits per heavy atom. The summed E-state index contributed by atoms with van der Waals surface area (Å²) in [6.07, 6.45) is 7.56. The molecule has 0 spiro atoms. The number of hydrogen-bond donors (Lipinski definition) is 0. The van der Waals surface area contributed by atoms with E-state index in [1.807, 2.05) is 45.2 Å². The number of amides is 2. The fourth-order valence-electron chi connectivity index (χ4n) is 4.94. The van der Waals surface area contributed by atoms with E-state index < -0.39 is 17.7 Å². The molecule has 0 aliphatic carbocycles. The molecule has 1 unspecified atom stereocenters. The van der Waals surface area contributed by atoms with Crippen LogP contribution < -0.4 is 9.63 Å². The Morgan fingerprint density at radius 1 is 1.15 bits per heavy atom. The Hall–Kier alpha value is -4.47. The van der Waals surface area contributed by atoms with Gasteiger partial charge in [0.1, 0.15) is 11.6 Å². The molecule has 5 rings (SSSR count). The van der Waals surface area contributed by atoms with Crippen LogP contribution in [-0.4, -0.2) is 56.2 Å². The molecule has 2 amide bonds. The quantitative estimate of drug-likeness (QED) is 0.287. The molecule has 4 aromatic rings. The zero-order valence-electron chi connectivity index (χ0n) is 22.6. The molecule has 1 aliphatic rings. The number of pyridine rings is 1. The Kier molecular flexibility index (Phi) is 6.94. The number of piperidine rings is 1. The third-order valence-electron chi connectivity index (χ3n) is 6.71. The summed E-state index contributed by atoms with van der Waals surface area (Å²) in [5.41, 5.74) is 2.91. The number of anilines is 1. The average Bonchev–Trinajstić information content (AvgIpc) is 3.34. The van der Waals surface area contributed by atoms with E-state index in [-0.39, 0.29) is 18.3 Å². The van der Waals surface area contributed by atoms with E-state index in [1.54, 1.807) is 57.9 Å². The van der Waals surface area contributed by atoms with Gasteiger partial charge in [0.25, 0.3) is 5.82 Å². The largest absolute Gasteiger partial charge is 0.711 e. The topological polar surface area (TPSA) is 107 Å². The normalized spacial score (nSPS) is 15.8. The molecule has 0 radical (unpaired) electrons. The van der Waals surface area contributed by atoms with E-state index in [2.05, 4.69) is 10.1 Å². The highest BCUT2D eigenvalue weighted by molar-refractivity contribution is 6.06. The van der Waals surface area contributed by atoms with Crippen molar-refractivity contribution in [3.63, 3.8) is 0 Å². The van der Waals surface area contributed by atoms with Gasteiger partial charge in [0, 0.05) is 30.1 Å². The van der Waals surface area contributed by atoms with E-state index >= 15 is 0 Å². The summed E-state index contributed by atoms with van der Waals surface area (Å²) in [6, 6.07) is 12.1. The van der Waals surface area contributed by atoms with Gasteiger partial charge in [-0.25, -0.2) is 23.8 Å².